The third kappa shape index (κ3) is 2.10. The Morgan fingerprint density at radius 1 is 2.00 bits per heavy atom. The topological polar surface area (TPSA) is 38.7 Å². The summed E-state index contributed by atoms with van der Waals surface area (Å²) in [5, 5.41) is 0. The van der Waals surface area contributed by atoms with Gasteiger partial charge in [0.15, 0.2) is 0 Å². The Morgan fingerprint density at radius 3 is 3.30 bits per heavy atom. The summed E-state index contributed by atoms with van der Waals surface area (Å²) < 4.78 is 5.63. The van der Waals surface area contributed by atoms with Crippen LogP contribution in [0.3, 0.4) is 0 Å². The SMILES string of the molecule is O=C=NCC1CSC(=S)O1. The van der Waals surface area contributed by atoms with E-state index in [1.165, 1.54) is 17.8 Å². The second kappa shape index (κ2) is 3.71. The molecule has 10 heavy (non-hydrogen) atoms. The van der Waals surface area contributed by atoms with E-state index in [-0.39, 0.29) is 6.10 Å². The highest BCUT2D eigenvalue weighted by molar-refractivity contribution is 8.22. The summed E-state index contributed by atoms with van der Waals surface area (Å²) in [7, 11) is 0. The van der Waals surface area contributed by atoms with Crippen LogP contribution in [-0.4, -0.2) is 28.9 Å². The minimum absolute atomic E-state index is 0.0149. The van der Waals surface area contributed by atoms with Gasteiger partial charge in [0.05, 0.1) is 6.54 Å². The molecular weight excluding hydrogens is 170 g/mol. The second-order valence-electron chi connectivity index (χ2n) is 1.73. The van der Waals surface area contributed by atoms with Crippen LogP contribution >= 0.6 is 24.0 Å². The molecule has 1 rings (SSSR count). The van der Waals surface area contributed by atoms with Gasteiger partial charge in [-0.1, -0.05) is 11.8 Å². The van der Waals surface area contributed by atoms with E-state index in [2.05, 4.69) is 4.99 Å². The van der Waals surface area contributed by atoms with Gasteiger partial charge in [0.1, 0.15) is 6.10 Å². The van der Waals surface area contributed by atoms with Gasteiger partial charge in [-0.05, 0) is 12.2 Å². The predicted molar refractivity (Wildman–Crippen MR) is 42.9 cm³/mol. The van der Waals surface area contributed by atoms with E-state index in [4.69, 9.17) is 17.0 Å². The Balaban J connectivity index is 2.31. The Hall–Kier alpha value is -0.380. The van der Waals surface area contributed by atoms with Crippen molar-refractivity contribution in [1.29, 1.82) is 0 Å². The van der Waals surface area contributed by atoms with Gasteiger partial charge in [0, 0.05) is 5.75 Å². The molecule has 0 aliphatic carbocycles. The Morgan fingerprint density at radius 2 is 2.80 bits per heavy atom. The third-order valence-corrected chi connectivity index (χ3v) is 2.33. The zero-order chi connectivity index (χ0) is 7.40. The molecule has 1 aliphatic heterocycles. The molecule has 3 nitrogen and oxygen atoms in total. The third-order valence-electron chi connectivity index (χ3n) is 1.01. The zero-order valence-electron chi connectivity index (χ0n) is 5.07. The number of nitrogens with zero attached hydrogens (tertiary/aromatic N) is 1. The van der Waals surface area contributed by atoms with Gasteiger partial charge in [-0.25, -0.2) is 9.79 Å². The molecule has 1 saturated heterocycles. The minimum Gasteiger partial charge on any atom is -0.472 e. The summed E-state index contributed by atoms with van der Waals surface area (Å²) in [4.78, 5) is 13.0. The molecule has 5 heteroatoms. The van der Waals surface area contributed by atoms with E-state index in [9.17, 15) is 4.79 Å². The Kier molecular flexibility index (Phi) is 2.86. The summed E-state index contributed by atoms with van der Waals surface area (Å²) in [6, 6.07) is 0. The van der Waals surface area contributed by atoms with Crippen LogP contribution in [0.15, 0.2) is 4.99 Å². The molecule has 0 amide bonds. The molecule has 1 fully saturated rings. The summed E-state index contributed by atoms with van der Waals surface area (Å²) in [5.41, 5.74) is 0. The second-order valence-corrected chi connectivity index (χ2v) is 3.35. The Bertz CT molecular complexity index is 188. The van der Waals surface area contributed by atoms with Crippen LogP contribution in [0.2, 0.25) is 0 Å². The van der Waals surface area contributed by atoms with Crippen molar-refractivity contribution >= 4 is 34.4 Å². The minimum atomic E-state index is -0.0149. The van der Waals surface area contributed by atoms with Crippen molar-refractivity contribution < 1.29 is 9.53 Å². The molecule has 0 radical (unpaired) electrons. The van der Waals surface area contributed by atoms with Gasteiger partial charge >= 0.3 is 0 Å². The number of hydrogen-bond acceptors (Lipinski definition) is 5. The van der Waals surface area contributed by atoms with Gasteiger partial charge in [0.25, 0.3) is 0 Å². The molecule has 0 aromatic rings. The normalized spacial score (nSPS) is 23.6. The fourth-order valence-electron chi connectivity index (χ4n) is 0.594. The molecule has 54 valence electrons. The van der Waals surface area contributed by atoms with Crippen molar-refractivity contribution in [2.75, 3.05) is 12.3 Å². The van der Waals surface area contributed by atoms with Crippen LogP contribution in [-0.2, 0) is 9.53 Å². The largest absolute Gasteiger partial charge is 0.472 e. The van der Waals surface area contributed by atoms with E-state index < -0.39 is 0 Å². The van der Waals surface area contributed by atoms with E-state index >= 15 is 0 Å². The summed E-state index contributed by atoms with van der Waals surface area (Å²) in [5.74, 6) is 0.796. The van der Waals surface area contributed by atoms with E-state index in [1.807, 2.05) is 0 Å². The molecule has 0 spiro atoms. The first-order valence-electron chi connectivity index (χ1n) is 2.70. The fraction of sp³-hybridized carbons (Fsp3) is 0.600. The maximum atomic E-state index is 9.66. The monoisotopic (exact) mass is 175 g/mol. The van der Waals surface area contributed by atoms with Crippen molar-refractivity contribution in [1.82, 2.24) is 0 Å². The number of ether oxygens (including phenoxy) is 1. The number of thioether (sulfide) groups is 1. The maximum Gasteiger partial charge on any atom is 0.235 e. The molecule has 1 heterocycles. The van der Waals surface area contributed by atoms with E-state index in [0.29, 0.717) is 10.9 Å². The van der Waals surface area contributed by atoms with Crippen molar-refractivity contribution in [3.8, 4) is 0 Å². The lowest BCUT2D eigenvalue weighted by Crippen LogP contribution is -2.12. The summed E-state index contributed by atoms with van der Waals surface area (Å²) in [6.07, 6.45) is 1.44. The molecular formula is C5H5NO2S2. The average molecular weight is 175 g/mol. The van der Waals surface area contributed by atoms with Crippen molar-refractivity contribution in [3.63, 3.8) is 0 Å². The van der Waals surface area contributed by atoms with Crippen molar-refractivity contribution in [3.05, 3.63) is 0 Å². The number of aliphatic imine (C=N–C) groups is 1. The molecule has 0 aromatic heterocycles. The Labute approximate surface area is 67.8 Å². The van der Waals surface area contributed by atoms with Gasteiger partial charge < -0.3 is 4.74 Å². The first kappa shape index (κ1) is 7.72. The fourth-order valence-corrected chi connectivity index (χ4v) is 1.63. The van der Waals surface area contributed by atoms with Crippen LogP contribution in [0.1, 0.15) is 0 Å². The smallest absolute Gasteiger partial charge is 0.235 e. The molecule has 1 unspecified atom stereocenters. The van der Waals surface area contributed by atoms with Crippen LogP contribution in [0, 0.1) is 0 Å². The lowest BCUT2D eigenvalue weighted by atomic mass is 10.4. The molecule has 1 aliphatic rings. The number of hydrogen-bond donors (Lipinski definition) is 0. The van der Waals surface area contributed by atoms with Gasteiger partial charge in [0.2, 0.25) is 10.5 Å². The van der Waals surface area contributed by atoms with E-state index in [1.54, 1.807) is 0 Å². The zero-order valence-corrected chi connectivity index (χ0v) is 6.70. The highest BCUT2D eigenvalue weighted by Crippen LogP contribution is 2.19. The number of thiocarbonyl (C=S) groups is 1. The molecule has 0 saturated carbocycles. The lowest BCUT2D eigenvalue weighted by molar-refractivity contribution is 0.245. The molecule has 1 atom stereocenters. The predicted octanol–water partition coefficient (Wildman–Crippen LogP) is 0.739. The van der Waals surface area contributed by atoms with Gasteiger partial charge in [-0.3, -0.25) is 0 Å². The van der Waals surface area contributed by atoms with Crippen molar-refractivity contribution in [2.45, 2.75) is 6.10 Å². The van der Waals surface area contributed by atoms with Crippen LogP contribution in [0.4, 0.5) is 0 Å². The quantitative estimate of drug-likeness (QED) is 0.352. The van der Waals surface area contributed by atoms with E-state index in [0.717, 1.165) is 5.75 Å². The highest BCUT2D eigenvalue weighted by Gasteiger charge is 2.20. The lowest BCUT2D eigenvalue weighted by Gasteiger charge is -2.01. The number of carbonyl (C=O) groups excluding carboxylic acids is 1. The molecule has 0 bridgehead atoms. The summed E-state index contributed by atoms with van der Waals surface area (Å²) in [6.45, 7) is 0.372. The van der Waals surface area contributed by atoms with Crippen molar-refractivity contribution in [2.24, 2.45) is 4.99 Å². The number of isocyanates is 1. The maximum absolute atomic E-state index is 9.66. The average Bonchev–Trinajstić information content (AvgIpc) is 2.31. The standard InChI is InChI=1S/C5H5NO2S2/c7-3-6-1-4-2-10-5(9)8-4/h4H,1-2H2. The number of rotatable bonds is 2. The van der Waals surface area contributed by atoms with Crippen LogP contribution in [0.25, 0.3) is 0 Å². The van der Waals surface area contributed by atoms with Gasteiger partial charge in [-0.15, -0.1) is 0 Å². The molecule has 0 N–H and O–H groups in total. The molecule has 0 aromatic carbocycles. The van der Waals surface area contributed by atoms with Gasteiger partial charge in [-0.2, -0.15) is 0 Å². The summed E-state index contributed by atoms with van der Waals surface area (Å²) >= 11 is 6.22. The van der Waals surface area contributed by atoms with Crippen LogP contribution in [0.5, 0.6) is 0 Å². The first-order valence-corrected chi connectivity index (χ1v) is 4.09. The van der Waals surface area contributed by atoms with Crippen LogP contribution < -0.4 is 0 Å². The highest BCUT2D eigenvalue weighted by atomic mass is 32.2. The first-order chi connectivity index (χ1) is 4.83.